The van der Waals surface area contributed by atoms with E-state index in [0.717, 1.165) is 12.8 Å². The zero-order valence-electron chi connectivity index (χ0n) is 12.4. The van der Waals surface area contributed by atoms with Gasteiger partial charge in [0.1, 0.15) is 0 Å². The molecule has 0 saturated heterocycles. The van der Waals surface area contributed by atoms with Crippen molar-refractivity contribution in [3.63, 3.8) is 0 Å². The van der Waals surface area contributed by atoms with E-state index in [1.54, 1.807) is 6.92 Å². The summed E-state index contributed by atoms with van der Waals surface area (Å²) >= 11 is 0. The molecule has 1 aliphatic rings. The first kappa shape index (κ1) is 15.5. The average molecular weight is 294 g/mol. The molecule has 0 bridgehead atoms. The summed E-state index contributed by atoms with van der Waals surface area (Å²) < 4.78 is 4.81. The lowest BCUT2D eigenvalue weighted by Gasteiger charge is -2.20. The van der Waals surface area contributed by atoms with E-state index in [0.29, 0.717) is 24.8 Å². The van der Waals surface area contributed by atoms with Gasteiger partial charge in [-0.2, -0.15) is 9.90 Å². The number of aromatic nitrogens is 3. The van der Waals surface area contributed by atoms with Crippen molar-refractivity contribution in [3.8, 4) is 0 Å². The monoisotopic (exact) mass is 294 g/mol. The summed E-state index contributed by atoms with van der Waals surface area (Å²) in [4.78, 5) is 24.4. The molecule has 0 atom stereocenters. The normalized spacial score (nSPS) is 15.7. The Kier molecular flexibility index (Phi) is 5.71. The lowest BCUT2D eigenvalue weighted by Crippen LogP contribution is -2.19. The number of nitrogens with zero attached hydrogens (tertiary/aromatic N) is 3. The number of hydrogen-bond donors (Lipinski definition) is 1. The summed E-state index contributed by atoms with van der Waals surface area (Å²) in [6.45, 7) is 2.02. The highest BCUT2D eigenvalue weighted by Gasteiger charge is 2.17. The Bertz CT molecular complexity index is 480. The van der Waals surface area contributed by atoms with Gasteiger partial charge in [-0.3, -0.25) is 4.79 Å². The van der Waals surface area contributed by atoms with Crippen LogP contribution in [-0.4, -0.2) is 33.5 Å². The SMILES string of the molecule is CCOC(=O)Cn1ncc(NC(=O)CC2CCCCC2)n1. The molecule has 0 aliphatic heterocycles. The van der Waals surface area contributed by atoms with Crippen LogP contribution in [0.3, 0.4) is 0 Å². The highest BCUT2D eigenvalue weighted by molar-refractivity contribution is 5.89. The fraction of sp³-hybridized carbons (Fsp3) is 0.714. The number of ether oxygens (including phenoxy) is 1. The molecule has 1 saturated carbocycles. The van der Waals surface area contributed by atoms with Crippen molar-refractivity contribution in [2.24, 2.45) is 5.92 Å². The maximum absolute atomic E-state index is 11.9. The summed E-state index contributed by atoms with van der Waals surface area (Å²) in [6.07, 6.45) is 7.94. The molecule has 0 aromatic carbocycles. The summed E-state index contributed by atoms with van der Waals surface area (Å²) in [7, 11) is 0. The summed E-state index contributed by atoms with van der Waals surface area (Å²) in [6, 6.07) is 0. The Morgan fingerprint density at radius 3 is 2.86 bits per heavy atom. The smallest absolute Gasteiger partial charge is 0.329 e. The molecule has 1 fully saturated rings. The van der Waals surface area contributed by atoms with E-state index in [2.05, 4.69) is 15.5 Å². The summed E-state index contributed by atoms with van der Waals surface area (Å²) in [5.41, 5.74) is 0. The molecule has 116 valence electrons. The molecule has 1 aromatic heterocycles. The molecule has 1 heterocycles. The van der Waals surface area contributed by atoms with Gasteiger partial charge >= 0.3 is 5.97 Å². The maximum atomic E-state index is 11.9. The van der Waals surface area contributed by atoms with E-state index < -0.39 is 5.97 Å². The fourth-order valence-electron chi connectivity index (χ4n) is 2.60. The zero-order chi connectivity index (χ0) is 15.1. The summed E-state index contributed by atoms with van der Waals surface area (Å²) in [5, 5.41) is 10.7. The standard InChI is InChI=1S/C14H22N4O3/c1-2-21-14(20)10-18-15-9-12(17-18)16-13(19)8-11-6-4-3-5-7-11/h9,11H,2-8,10H2,1H3,(H,16,17,19). The number of hydrogen-bond acceptors (Lipinski definition) is 5. The third-order valence-corrected chi connectivity index (χ3v) is 3.58. The average Bonchev–Trinajstić information content (AvgIpc) is 2.87. The van der Waals surface area contributed by atoms with Crippen LogP contribution in [0.4, 0.5) is 5.82 Å². The van der Waals surface area contributed by atoms with Crippen molar-refractivity contribution in [2.45, 2.75) is 52.0 Å². The topological polar surface area (TPSA) is 86.1 Å². The van der Waals surface area contributed by atoms with Crippen LogP contribution in [0.15, 0.2) is 6.20 Å². The second-order valence-electron chi connectivity index (χ2n) is 5.32. The van der Waals surface area contributed by atoms with Crippen LogP contribution < -0.4 is 5.32 Å². The van der Waals surface area contributed by atoms with Gasteiger partial charge < -0.3 is 10.1 Å². The maximum Gasteiger partial charge on any atom is 0.329 e. The van der Waals surface area contributed by atoms with E-state index in [4.69, 9.17) is 4.74 Å². The van der Waals surface area contributed by atoms with Crippen molar-refractivity contribution in [1.29, 1.82) is 0 Å². The number of anilines is 1. The Labute approximate surface area is 124 Å². The van der Waals surface area contributed by atoms with E-state index in [-0.39, 0.29) is 12.5 Å². The predicted molar refractivity (Wildman–Crippen MR) is 76.5 cm³/mol. The molecule has 7 nitrogen and oxygen atoms in total. The molecule has 1 aliphatic carbocycles. The van der Waals surface area contributed by atoms with Gasteiger partial charge in [-0.1, -0.05) is 19.3 Å². The molecule has 21 heavy (non-hydrogen) atoms. The Morgan fingerprint density at radius 2 is 2.14 bits per heavy atom. The Morgan fingerprint density at radius 1 is 1.38 bits per heavy atom. The second-order valence-corrected chi connectivity index (χ2v) is 5.32. The van der Waals surface area contributed by atoms with Gasteiger partial charge in [-0.15, -0.1) is 5.10 Å². The van der Waals surface area contributed by atoms with E-state index in [9.17, 15) is 9.59 Å². The van der Waals surface area contributed by atoms with Crippen molar-refractivity contribution < 1.29 is 14.3 Å². The van der Waals surface area contributed by atoms with Gasteiger partial charge in [0.25, 0.3) is 0 Å². The number of carbonyl (C=O) groups is 2. The largest absolute Gasteiger partial charge is 0.465 e. The minimum absolute atomic E-state index is 0.0370. The molecule has 7 heteroatoms. The molecular weight excluding hydrogens is 272 g/mol. The minimum atomic E-state index is -0.395. The zero-order valence-corrected chi connectivity index (χ0v) is 12.4. The summed E-state index contributed by atoms with van der Waals surface area (Å²) in [5.74, 6) is 0.423. The minimum Gasteiger partial charge on any atom is -0.465 e. The van der Waals surface area contributed by atoms with E-state index >= 15 is 0 Å². The third kappa shape index (κ3) is 5.17. The molecule has 1 N–H and O–H groups in total. The van der Waals surface area contributed by atoms with Crippen LogP contribution in [-0.2, 0) is 20.9 Å². The second kappa shape index (κ2) is 7.75. The predicted octanol–water partition coefficient (Wildman–Crippen LogP) is 1.75. The lowest BCUT2D eigenvalue weighted by molar-refractivity contribution is -0.144. The highest BCUT2D eigenvalue weighted by atomic mass is 16.5. The number of nitrogens with one attached hydrogen (secondary N) is 1. The first-order valence-electron chi connectivity index (χ1n) is 7.53. The number of carbonyl (C=O) groups excluding carboxylic acids is 2. The molecule has 0 unspecified atom stereocenters. The van der Waals surface area contributed by atoms with Gasteiger partial charge in [-0.05, 0) is 25.7 Å². The first-order valence-corrected chi connectivity index (χ1v) is 7.53. The van der Waals surface area contributed by atoms with Crippen LogP contribution in [0.2, 0.25) is 0 Å². The first-order chi connectivity index (χ1) is 10.2. The Balaban J connectivity index is 1.78. The quantitative estimate of drug-likeness (QED) is 0.808. The van der Waals surface area contributed by atoms with Crippen molar-refractivity contribution in [2.75, 3.05) is 11.9 Å². The molecule has 0 spiro atoms. The molecule has 1 amide bonds. The van der Waals surface area contributed by atoms with Crippen LogP contribution >= 0.6 is 0 Å². The number of amides is 1. The molecular formula is C14H22N4O3. The van der Waals surface area contributed by atoms with Crippen molar-refractivity contribution in [1.82, 2.24) is 15.0 Å². The van der Waals surface area contributed by atoms with Crippen molar-refractivity contribution in [3.05, 3.63) is 6.20 Å². The van der Waals surface area contributed by atoms with Crippen LogP contribution in [0.5, 0.6) is 0 Å². The van der Waals surface area contributed by atoms with Crippen LogP contribution in [0.25, 0.3) is 0 Å². The van der Waals surface area contributed by atoms with Gasteiger partial charge in [-0.25, -0.2) is 4.79 Å². The van der Waals surface area contributed by atoms with Crippen molar-refractivity contribution >= 4 is 17.7 Å². The van der Waals surface area contributed by atoms with E-state index in [1.165, 1.54) is 30.3 Å². The van der Waals surface area contributed by atoms with Gasteiger partial charge in [0.15, 0.2) is 12.4 Å². The van der Waals surface area contributed by atoms with Crippen LogP contribution in [0.1, 0.15) is 45.4 Å². The third-order valence-electron chi connectivity index (χ3n) is 3.58. The highest BCUT2D eigenvalue weighted by Crippen LogP contribution is 2.26. The number of esters is 1. The molecule has 1 aromatic rings. The molecule has 0 radical (unpaired) electrons. The number of rotatable bonds is 6. The van der Waals surface area contributed by atoms with Crippen LogP contribution in [0, 0.1) is 5.92 Å². The molecule has 2 rings (SSSR count). The van der Waals surface area contributed by atoms with Gasteiger partial charge in [0.05, 0.1) is 12.8 Å². The van der Waals surface area contributed by atoms with Gasteiger partial charge in [0, 0.05) is 6.42 Å². The lowest BCUT2D eigenvalue weighted by atomic mass is 9.87. The fourth-order valence-corrected chi connectivity index (χ4v) is 2.60. The van der Waals surface area contributed by atoms with E-state index in [1.807, 2.05) is 0 Å². The Hall–Kier alpha value is -1.92. The van der Waals surface area contributed by atoms with Gasteiger partial charge in [0.2, 0.25) is 5.91 Å².